The smallest absolute Gasteiger partial charge is 0.0746 e. The van der Waals surface area contributed by atoms with Gasteiger partial charge >= 0.3 is 0 Å². The molecule has 0 saturated carbocycles. The van der Waals surface area contributed by atoms with Crippen LogP contribution in [0, 0.1) is 0 Å². The van der Waals surface area contributed by atoms with Crippen LogP contribution in [0.1, 0.15) is 45.9 Å². The highest BCUT2D eigenvalue weighted by Gasteiger charge is 2.53. The molecule has 244 valence electrons. The number of rotatable bonds is 4. The molecule has 1 nitrogen and oxygen atoms in total. The van der Waals surface area contributed by atoms with Gasteiger partial charge in [0.25, 0.3) is 0 Å². The molecular weight excluding hydrogens is 627 g/mol. The summed E-state index contributed by atoms with van der Waals surface area (Å²) in [4.78, 5) is 2.52. The number of hydrogen-bond donors (Lipinski definition) is 0. The fourth-order valence-corrected chi connectivity index (χ4v) is 10.0. The molecule has 1 heteroatoms. The van der Waals surface area contributed by atoms with Crippen molar-refractivity contribution in [1.29, 1.82) is 0 Å². The van der Waals surface area contributed by atoms with E-state index in [0.717, 1.165) is 11.4 Å². The summed E-state index contributed by atoms with van der Waals surface area (Å²) in [6.07, 6.45) is 0. The fraction of sp³-hybridized carbons (Fsp3) is 0.0588. The molecule has 1 atom stereocenters. The normalized spacial score (nSPS) is 16.4. The molecule has 52 heavy (non-hydrogen) atoms. The number of benzene rings is 8. The molecule has 0 amide bonds. The van der Waals surface area contributed by atoms with Gasteiger partial charge in [-0.25, -0.2) is 0 Å². The lowest BCUT2D eigenvalue weighted by Crippen LogP contribution is -2.28. The molecule has 0 heterocycles. The van der Waals surface area contributed by atoms with E-state index in [1.165, 1.54) is 78.0 Å². The average molecular weight is 662 g/mol. The van der Waals surface area contributed by atoms with Crippen molar-refractivity contribution < 1.29 is 0 Å². The van der Waals surface area contributed by atoms with Crippen LogP contribution < -0.4 is 4.90 Å². The van der Waals surface area contributed by atoms with Crippen LogP contribution in [0.15, 0.2) is 194 Å². The molecule has 3 aliphatic carbocycles. The van der Waals surface area contributed by atoms with Crippen molar-refractivity contribution in [3.8, 4) is 33.4 Å². The van der Waals surface area contributed by atoms with Gasteiger partial charge in [-0.1, -0.05) is 164 Å². The Morgan fingerprint density at radius 3 is 1.42 bits per heavy atom. The quantitative estimate of drug-likeness (QED) is 0.181. The third-order valence-electron chi connectivity index (χ3n) is 12.2. The van der Waals surface area contributed by atoms with Crippen LogP contribution in [0.2, 0.25) is 0 Å². The Kier molecular flexibility index (Phi) is 6.08. The summed E-state index contributed by atoms with van der Waals surface area (Å²) in [5, 5.41) is 0. The zero-order chi connectivity index (χ0) is 34.4. The van der Waals surface area contributed by atoms with E-state index in [4.69, 9.17) is 0 Å². The van der Waals surface area contributed by atoms with E-state index in [-0.39, 0.29) is 5.41 Å². The first-order valence-electron chi connectivity index (χ1n) is 18.3. The van der Waals surface area contributed by atoms with Crippen LogP contribution in [-0.2, 0) is 10.8 Å². The van der Waals surface area contributed by atoms with Crippen molar-refractivity contribution in [2.24, 2.45) is 0 Å². The van der Waals surface area contributed by atoms with Crippen molar-refractivity contribution in [1.82, 2.24) is 0 Å². The lowest BCUT2D eigenvalue weighted by molar-refractivity contribution is 0.714. The number of nitrogens with zero attached hydrogens (tertiary/aromatic N) is 1. The predicted octanol–water partition coefficient (Wildman–Crippen LogP) is 12.8. The Labute approximate surface area is 305 Å². The molecule has 0 aromatic heterocycles. The molecule has 1 unspecified atom stereocenters. The largest absolute Gasteiger partial charge is 0.310 e. The molecule has 0 fully saturated rings. The highest BCUT2D eigenvalue weighted by Crippen LogP contribution is 2.65. The number of hydrogen-bond acceptors (Lipinski definition) is 1. The third kappa shape index (κ3) is 3.67. The van der Waals surface area contributed by atoms with E-state index >= 15 is 0 Å². The Balaban J connectivity index is 1.22. The summed E-state index contributed by atoms with van der Waals surface area (Å²) >= 11 is 0. The maximum atomic E-state index is 2.52. The van der Waals surface area contributed by atoms with Crippen LogP contribution in [0.3, 0.4) is 0 Å². The molecule has 3 aliphatic rings. The SMILES string of the molecule is CC1(c2ccccc2)c2ccccc2-c2ccc(N(c3ccccc3)c3cccc4c3C3(c5ccccc5-c5ccccc53)c3ccccc3-4)cc21. The summed E-state index contributed by atoms with van der Waals surface area (Å²) in [6, 6.07) is 72.3. The van der Waals surface area contributed by atoms with E-state index in [1.807, 2.05) is 0 Å². The van der Waals surface area contributed by atoms with E-state index in [2.05, 4.69) is 206 Å². The molecule has 11 rings (SSSR count). The van der Waals surface area contributed by atoms with Crippen LogP contribution >= 0.6 is 0 Å². The molecule has 0 bridgehead atoms. The van der Waals surface area contributed by atoms with E-state index in [1.54, 1.807) is 0 Å². The molecule has 0 aliphatic heterocycles. The molecule has 0 saturated heterocycles. The first kappa shape index (κ1) is 29.3. The van der Waals surface area contributed by atoms with Crippen molar-refractivity contribution >= 4 is 17.1 Å². The molecular formula is C51H35N. The second kappa shape index (κ2) is 10.8. The van der Waals surface area contributed by atoms with Gasteiger partial charge in [-0.2, -0.15) is 0 Å². The van der Waals surface area contributed by atoms with Gasteiger partial charge in [0, 0.05) is 22.4 Å². The number of anilines is 3. The molecule has 0 N–H and O–H groups in total. The highest BCUT2D eigenvalue weighted by atomic mass is 15.1. The first-order valence-corrected chi connectivity index (χ1v) is 18.3. The minimum absolute atomic E-state index is 0.301. The predicted molar refractivity (Wildman–Crippen MR) is 215 cm³/mol. The molecule has 0 radical (unpaired) electrons. The summed E-state index contributed by atoms with van der Waals surface area (Å²) in [6.45, 7) is 2.40. The van der Waals surface area contributed by atoms with Crippen molar-refractivity contribution in [2.75, 3.05) is 4.90 Å². The Bertz CT molecular complexity index is 2640. The second-order valence-electron chi connectivity index (χ2n) is 14.5. The second-order valence-corrected chi connectivity index (χ2v) is 14.5. The summed E-state index contributed by atoms with van der Waals surface area (Å²) in [5.41, 5.74) is 20.0. The Hall–Kier alpha value is -6.44. The average Bonchev–Trinajstić information content (AvgIpc) is 3.79. The van der Waals surface area contributed by atoms with Crippen LogP contribution in [0.4, 0.5) is 17.1 Å². The summed E-state index contributed by atoms with van der Waals surface area (Å²) in [7, 11) is 0. The third-order valence-corrected chi connectivity index (χ3v) is 12.2. The van der Waals surface area contributed by atoms with Gasteiger partial charge < -0.3 is 4.90 Å². The standard InChI is InChI=1S/C51H35N/c1-50(34-17-4-2-5-18-34)43-26-12-8-21-37(43)41-32-31-36(33-47(41)50)52(35-19-6-3-7-20-35)48-30-16-25-42-40-24-11-15-29-46(40)51(49(42)48)44-27-13-9-22-38(44)39-23-10-14-28-45(39)51/h2-33H,1H3. The summed E-state index contributed by atoms with van der Waals surface area (Å²) < 4.78 is 0. The number of para-hydroxylation sites is 1. The zero-order valence-corrected chi connectivity index (χ0v) is 28.9. The molecule has 8 aromatic carbocycles. The van der Waals surface area contributed by atoms with Crippen LogP contribution in [0.25, 0.3) is 33.4 Å². The monoisotopic (exact) mass is 661 g/mol. The molecule has 8 aromatic rings. The van der Waals surface area contributed by atoms with Crippen LogP contribution in [-0.4, -0.2) is 0 Å². The van der Waals surface area contributed by atoms with Crippen molar-refractivity contribution in [3.63, 3.8) is 0 Å². The maximum absolute atomic E-state index is 2.52. The minimum Gasteiger partial charge on any atom is -0.310 e. The van der Waals surface area contributed by atoms with Gasteiger partial charge in [-0.15, -0.1) is 0 Å². The van der Waals surface area contributed by atoms with Gasteiger partial charge in [0.2, 0.25) is 0 Å². The van der Waals surface area contributed by atoms with Gasteiger partial charge in [-0.3, -0.25) is 0 Å². The maximum Gasteiger partial charge on any atom is 0.0746 e. The topological polar surface area (TPSA) is 3.24 Å². The molecule has 1 spiro atoms. The first-order chi connectivity index (χ1) is 25.7. The van der Waals surface area contributed by atoms with E-state index in [0.29, 0.717) is 0 Å². The zero-order valence-electron chi connectivity index (χ0n) is 28.9. The highest BCUT2D eigenvalue weighted by molar-refractivity contribution is 6.00. The Morgan fingerprint density at radius 1 is 0.346 bits per heavy atom. The van der Waals surface area contributed by atoms with Crippen LogP contribution in [0.5, 0.6) is 0 Å². The van der Waals surface area contributed by atoms with Crippen molar-refractivity contribution in [3.05, 3.63) is 233 Å². The minimum atomic E-state index is -0.464. The van der Waals surface area contributed by atoms with Gasteiger partial charge in [0.1, 0.15) is 0 Å². The lowest BCUT2D eigenvalue weighted by Gasteiger charge is -2.36. The Morgan fingerprint density at radius 2 is 0.808 bits per heavy atom. The van der Waals surface area contributed by atoms with Crippen molar-refractivity contribution in [2.45, 2.75) is 17.8 Å². The van der Waals surface area contributed by atoms with E-state index < -0.39 is 5.41 Å². The lowest BCUT2D eigenvalue weighted by atomic mass is 9.70. The van der Waals surface area contributed by atoms with Gasteiger partial charge in [-0.05, 0) is 104 Å². The fourth-order valence-electron chi connectivity index (χ4n) is 10.0. The summed E-state index contributed by atoms with van der Waals surface area (Å²) in [5.74, 6) is 0. The van der Waals surface area contributed by atoms with E-state index in [9.17, 15) is 0 Å². The number of fused-ring (bicyclic) bond motifs is 13. The van der Waals surface area contributed by atoms with Gasteiger partial charge in [0.05, 0.1) is 11.1 Å². The van der Waals surface area contributed by atoms with Gasteiger partial charge in [0.15, 0.2) is 0 Å².